The fraction of sp³-hybridized carbons (Fsp3) is 0.217. The maximum absolute atomic E-state index is 13.1. The molecule has 0 saturated carbocycles. The molecular weight excluding hydrogens is 403 g/mol. The molecule has 1 unspecified atom stereocenters. The Balaban J connectivity index is 1.62. The van der Waals surface area contributed by atoms with E-state index in [1.807, 2.05) is 6.92 Å². The van der Waals surface area contributed by atoms with Gasteiger partial charge in [0, 0.05) is 12.3 Å². The lowest BCUT2D eigenvalue weighted by atomic mass is 10.1. The van der Waals surface area contributed by atoms with Crippen molar-refractivity contribution < 1.29 is 18.4 Å². The van der Waals surface area contributed by atoms with Gasteiger partial charge in [-0.15, -0.1) is 11.8 Å². The number of halogens is 1. The summed E-state index contributed by atoms with van der Waals surface area (Å²) in [7, 11) is 1.66. The van der Waals surface area contributed by atoms with E-state index in [1.54, 1.807) is 61.8 Å². The molecule has 0 bridgehead atoms. The molecule has 0 radical (unpaired) electrons. The van der Waals surface area contributed by atoms with Crippen LogP contribution in [0, 0.1) is 5.82 Å². The number of carbonyl (C=O) groups is 2. The van der Waals surface area contributed by atoms with Crippen LogP contribution in [0.25, 0.3) is 0 Å². The van der Waals surface area contributed by atoms with Crippen molar-refractivity contribution in [1.82, 2.24) is 5.32 Å². The summed E-state index contributed by atoms with van der Waals surface area (Å²) in [5.74, 6) is 0.191. The number of hydrogen-bond donors (Lipinski definition) is 1. The Morgan fingerprint density at radius 2 is 1.83 bits per heavy atom. The molecule has 0 fully saturated rings. The van der Waals surface area contributed by atoms with Crippen LogP contribution in [0.15, 0.2) is 71.3 Å². The molecule has 5 nitrogen and oxygen atoms in total. The number of amides is 2. The number of nitrogens with one attached hydrogen (secondary N) is 1. The van der Waals surface area contributed by atoms with Gasteiger partial charge in [-0.05, 0) is 48.9 Å². The summed E-state index contributed by atoms with van der Waals surface area (Å²) < 4.78 is 18.3. The monoisotopic (exact) mass is 426 g/mol. The number of nitrogens with zero attached hydrogens (tertiary/aromatic N) is 1. The first kappa shape index (κ1) is 21.6. The number of benzene rings is 2. The maximum Gasteiger partial charge on any atom is 0.253 e. The molecule has 0 aliphatic rings. The molecule has 2 aromatic carbocycles. The van der Waals surface area contributed by atoms with E-state index in [0.29, 0.717) is 17.0 Å². The SMILES string of the molecule is CC(SCC(=O)N(C)c1ccccc1C(=O)NCc1ccco1)c1ccc(F)cc1. The van der Waals surface area contributed by atoms with Crippen molar-refractivity contribution in [1.29, 1.82) is 0 Å². The van der Waals surface area contributed by atoms with Crippen molar-refractivity contribution in [2.75, 3.05) is 17.7 Å². The zero-order valence-electron chi connectivity index (χ0n) is 16.8. The normalized spacial score (nSPS) is 11.7. The molecule has 2 amide bonds. The molecule has 156 valence electrons. The summed E-state index contributed by atoms with van der Waals surface area (Å²) in [5, 5.41) is 2.84. The number of rotatable bonds is 8. The Bertz CT molecular complexity index is 990. The highest BCUT2D eigenvalue weighted by atomic mass is 32.2. The van der Waals surface area contributed by atoms with Crippen molar-refractivity contribution in [3.8, 4) is 0 Å². The molecule has 7 heteroatoms. The molecule has 1 aromatic heterocycles. The van der Waals surface area contributed by atoms with Crippen LogP contribution < -0.4 is 10.2 Å². The zero-order valence-corrected chi connectivity index (χ0v) is 17.6. The van der Waals surface area contributed by atoms with Crippen molar-refractivity contribution in [2.45, 2.75) is 18.7 Å². The Labute approximate surface area is 179 Å². The Morgan fingerprint density at radius 1 is 1.10 bits per heavy atom. The van der Waals surface area contributed by atoms with Crippen molar-refractivity contribution in [2.24, 2.45) is 0 Å². The summed E-state index contributed by atoms with van der Waals surface area (Å²) in [5.41, 5.74) is 1.90. The van der Waals surface area contributed by atoms with Crippen LogP contribution in [0.4, 0.5) is 10.1 Å². The average molecular weight is 427 g/mol. The molecule has 3 aromatic rings. The quantitative estimate of drug-likeness (QED) is 0.562. The third-order valence-electron chi connectivity index (χ3n) is 4.68. The van der Waals surface area contributed by atoms with Gasteiger partial charge in [-0.2, -0.15) is 0 Å². The molecule has 1 heterocycles. The number of carbonyl (C=O) groups excluding carboxylic acids is 2. The topological polar surface area (TPSA) is 62.6 Å². The van der Waals surface area contributed by atoms with Gasteiger partial charge >= 0.3 is 0 Å². The predicted molar refractivity (Wildman–Crippen MR) is 117 cm³/mol. The third-order valence-corrected chi connectivity index (χ3v) is 5.87. The van der Waals surface area contributed by atoms with Gasteiger partial charge in [-0.3, -0.25) is 9.59 Å². The number of anilines is 1. The highest BCUT2D eigenvalue weighted by Gasteiger charge is 2.19. The van der Waals surface area contributed by atoms with Crippen LogP contribution in [0.2, 0.25) is 0 Å². The second kappa shape index (κ2) is 10.1. The van der Waals surface area contributed by atoms with Crippen LogP contribution in [0.5, 0.6) is 0 Å². The summed E-state index contributed by atoms with van der Waals surface area (Å²) in [6.07, 6.45) is 1.55. The number of thioether (sulfide) groups is 1. The standard InChI is InChI=1S/C23H23FN2O3S/c1-16(17-9-11-18(24)12-10-17)30-15-22(27)26(2)21-8-4-3-7-20(21)23(28)25-14-19-6-5-13-29-19/h3-13,16H,14-15H2,1-2H3,(H,25,28). The predicted octanol–water partition coefficient (Wildman–Crippen LogP) is 4.81. The van der Waals surface area contributed by atoms with Crippen molar-refractivity contribution in [3.63, 3.8) is 0 Å². The van der Waals surface area contributed by atoms with Gasteiger partial charge in [0.25, 0.3) is 5.91 Å². The van der Waals surface area contributed by atoms with E-state index >= 15 is 0 Å². The molecule has 0 aliphatic heterocycles. The maximum atomic E-state index is 13.1. The van der Waals surface area contributed by atoms with Gasteiger partial charge in [0.05, 0.1) is 29.8 Å². The summed E-state index contributed by atoms with van der Waals surface area (Å²) >= 11 is 1.46. The van der Waals surface area contributed by atoms with Crippen LogP contribution >= 0.6 is 11.8 Å². The van der Waals surface area contributed by atoms with Crippen LogP contribution in [0.1, 0.15) is 33.9 Å². The first-order valence-electron chi connectivity index (χ1n) is 9.49. The highest BCUT2D eigenvalue weighted by molar-refractivity contribution is 8.00. The molecule has 30 heavy (non-hydrogen) atoms. The van der Waals surface area contributed by atoms with E-state index in [1.165, 1.54) is 28.8 Å². The van der Waals surface area contributed by atoms with Gasteiger partial charge in [0.2, 0.25) is 5.91 Å². The van der Waals surface area contributed by atoms with E-state index in [2.05, 4.69) is 5.32 Å². The lowest BCUT2D eigenvalue weighted by Gasteiger charge is -2.21. The zero-order chi connectivity index (χ0) is 21.5. The molecule has 1 N–H and O–H groups in total. The second-order valence-electron chi connectivity index (χ2n) is 6.74. The Kier molecular flexibility index (Phi) is 7.30. The first-order valence-corrected chi connectivity index (χ1v) is 10.5. The number of para-hydroxylation sites is 1. The summed E-state index contributed by atoms with van der Waals surface area (Å²) in [4.78, 5) is 26.9. The Hall–Kier alpha value is -3.06. The average Bonchev–Trinajstić information content (AvgIpc) is 3.29. The number of hydrogen-bond acceptors (Lipinski definition) is 4. The lowest BCUT2D eigenvalue weighted by Crippen LogP contribution is -2.31. The minimum Gasteiger partial charge on any atom is -0.467 e. The van der Waals surface area contributed by atoms with Gasteiger partial charge in [0.1, 0.15) is 11.6 Å². The van der Waals surface area contributed by atoms with Crippen LogP contribution in [0.3, 0.4) is 0 Å². The minimum atomic E-state index is -0.284. The largest absolute Gasteiger partial charge is 0.467 e. The Morgan fingerprint density at radius 3 is 2.53 bits per heavy atom. The fourth-order valence-electron chi connectivity index (χ4n) is 2.89. The van der Waals surface area contributed by atoms with Crippen LogP contribution in [-0.4, -0.2) is 24.6 Å². The third kappa shape index (κ3) is 5.51. The van der Waals surface area contributed by atoms with Gasteiger partial charge in [-0.1, -0.05) is 24.3 Å². The van der Waals surface area contributed by atoms with E-state index in [-0.39, 0.29) is 35.2 Å². The summed E-state index contributed by atoms with van der Waals surface area (Å²) in [6.45, 7) is 2.24. The van der Waals surface area contributed by atoms with E-state index in [4.69, 9.17) is 4.42 Å². The second-order valence-corrected chi connectivity index (χ2v) is 8.07. The van der Waals surface area contributed by atoms with Crippen LogP contribution in [-0.2, 0) is 11.3 Å². The first-order chi connectivity index (χ1) is 14.5. The molecule has 0 spiro atoms. The van der Waals surface area contributed by atoms with Gasteiger partial charge < -0.3 is 14.6 Å². The molecule has 0 saturated heterocycles. The minimum absolute atomic E-state index is 0.0368. The summed E-state index contributed by atoms with van der Waals surface area (Å²) in [6, 6.07) is 16.8. The molecular formula is C23H23FN2O3S. The highest BCUT2D eigenvalue weighted by Crippen LogP contribution is 2.29. The van der Waals surface area contributed by atoms with Gasteiger partial charge in [-0.25, -0.2) is 4.39 Å². The van der Waals surface area contributed by atoms with Gasteiger partial charge in [0.15, 0.2) is 0 Å². The molecule has 1 atom stereocenters. The fourth-order valence-corrected chi connectivity index (χ4v) is 3.83. The van der Waals surface area contributed by atoms with E-state index in [9.17, 15) is 14.0 Å². The number of furan rings is 1. The van der Waals surface area contributed by atoms with Crippen molar-refractivity contribution >= 4 is 29.3 Å². The lowest BCUT2D eigenvalue weighted by molar-refractivity contribution is -0.115. The molecule has 0 aliphatic carbocycles. The van der Waals surface area contributed by atoms with E-state index in [0.717, 1.165) is 5.56 Å². The van der Waals surface area contributed by atoms with Crippen molar-refractivity contribution in [3.05, 3.63) is 89.6 Å². The van der Waals surface area contributed by atoms with E-state index < -0.39 is 0 Å². The smallest absolute Gasteiger partial charge is 0.253 e. The molecule has 3 rings (SSSR count).